The minimum absolute atomic E-state index is 0.101. The van der Waals surface area contributed by atoms with Crippen LogP contribution in [0.25, 0.3) is 11.1 Å². The van der Waals surface area contributed by atoms with Crippen LogP contribution < -0.4 is 10.1 Å². The number of hydrogen-bond donors (Lipinski definition) is 2. The zero-order chi connectivity index (χ0) is 21.4. The highest BCUT2D eigenvalue weighted by Crippen LogP contribution is 2.49. The van der Waals surface area contributed by atoms with Gasteiger partial charge in [-0.3, -0.25) is 4.79 Å². The zero-order valence-corrected chi connectivity index (χ0v) is 17.8. The molecule has 1 fully saturated rings. The van der Waals surface area contributed by atoms with Crippen molar-refractivity contribution in [1.82, 2.24) is 0 Å². The Balaban J connectivity index is 1.52. The number of hydrogen-bond acceptors (Lipinski definition) is 4. The fourth-order valence-electron chi connectivity index (χ4n) is 4.56. The molecule has 0 radical (unpaired) electrons. The zero-order valence-electron chi connectivity index (χ0n) is 17.0. The topological polar surface area (TPSA) is 75.6 Å². The predicted molar refractivity (Wildman–Crippen MR) is 121 cm³/mol. The monoisotopic (exact) mass is 433 g/mol. The molecule has 1 aliphatic carbocycles. The normalized spacial score (nSPS) is 18.5. The standard InChI is InChI=1S/C25H23NO4S/c27-20-14-19(15-10-12-18(13-11-15)30-17-8-4-5-9-17)23-22(26-20)21(24(31-23)25(28)29)16-6-2-1-3-7-16/h1-3,6-7,10-13,17,19H,4-5,8-9,14H2,(H,26,27)(H,28,29)/t19-/m1/s1. The summed E-state index contributed by atoms with van der Waals surface area (Å²) in [6.45, 7) is 0. The van der Waals surface area contributed by atoms with Crippen molar-refractivity contribution in [3.05, 3.63) is 69.9 Å². The molecule has 31 heavy (non-hydrogen) atoms. The molecular formula is C25H23NO4S. The summed E-state index contributed by atoms with van der Waals surface area (Å²) in [6.07, 6.45) is 5.23. The first-order valence-corrected chi connectivity index (χ1v) is 11.4. The molecule has 1 aromatic heterocycles. The SMILES string of the molecule is O=C1C[C@H](c2ccc(OC3CCCC3)cc2)c2sc(C(=O)O)c(-c3ccccc3)c2N1. The van der Waals surface area contributed by atoms with Gasteiger partial charge in [0, 0.05) is 22.8 Å². The fraction of sp³-hybridized carbons (Fsp3) is 0.280. The smallest absolute Gasteiger partial charge is 0.346 e. The van der Waals surface area contributed by atoms with E-state index in [-0.39, 0.29) is 16.7 Å². The van der Waals surface area contributed by atoms with E-state index in [2.05, 4.69) is 5.32 Å². The number of aromatic carboxylic acids is 1. The number of carbonyl (C=O) groups is 2. The Kier molecular flexibility index (Phi) is 5.24. The maximum Gasteiger partial charge on any atom is 0.346 e. The first-order valence-electron chi connectivity index (χ1n) is 10.6. The van der Waals surface area contributed by atoms with E-state index in [1.807, 2.05) is 54.6 Å². The van der Waals surface area contributed by atoms with E-state index in [1.54, 1.807) is 0 Å². The van der Waals surface area contributed by atoms with Crippen LogP contribution in [0.15, 0.2) is 54.6 Å². The molecule has 5 rings (SSSR count). The summed E-state index contributed by atoms with van der Waals surface area (Å²) in [5, 5.41) is 12.8. The number of ether oxygens (including phenoxy) is 1. The molecule has 1 amide bonds. The van der Waals surface area contributed by atoms with Gasteiger partial charge in [0.25, 0.3) is 0 Å². The highest BCUT2D eigenvalue weighted by atomic mass is 32.1. The van der Waals surface area contributed by atoms with Gasteiger partial charge in [0.05, 0.1) is 11.8 Å². The number of thiophene rings is 1. The van der Waals surface area contributed by atoms with Crippen LogP contribution in [0.2, 0.25) is 0 Å². The minimum atomic E-state index is -0.980. The Morgan fingerprint density at radius 3 is 2.42 bits per heavy atom. The highest BCUT2D eigenvalue weighted by molar-refractivity contribution is 7.15. The van der Waals surface area contributed by atoms with Gasteiger partial charge in [0.15, 0.2) is 0 Å². The van der Waals surface area contributed by atoms with Crippen LogP contribution in [0.5, 0.6) is 5.75 Å². The van der Waals surface area contributed by atoms with Gasteiger partial charge >= 0.3 is 5.97 Å². The molecule has 3 aromatic rings. The molecule has 2 aromatic carbocycles. The summed E-state index contributed by atoms with van der Waals surface area (Å²) >= 11 is 1.25. The number of nitrogens with one attached hydrogen (secondary N) is 1. The van der Waals surface area contributed by atoms with Gasteiger partial charge in [-0.1, -0.05) is 42.5 Å². The van der Waals surface area contributed by atoms with Gasteiger partial charge < -0.3 is 15.2 Å². The first-order chi connectivity index (χ1) is 15.1. The Hall–Kier alpha value is -3.12. The van der Waals surface area contributed by atoms with Crippen molar-refractivity contribution in [2.45, 2.75) is 44.1 Å². The van der Waals surface area contributed by atoms with Gasteiger partial charge in [0.2, 0.25) is 5.91 Å². The molecule has 5 nitrogen and oxygen atoms in total. The summed E-state index contributed by atoms with van der Waals surface area (Å²) in [5.41, 5.74) is 3.00. The Labute approximate surface area is 184 Å². The Bertz CT molecular complexity index is 1110. The molecule has 6 heteroatoms. The lowest BCUT2D eigenvalue weighted by molar-refractivity contribution is -0.116. The van der Waals surface area contributed by atoms with Crippen LogP contribution in [0.1, 0.15) is 58.1 Å². The quantitative estimate of drug-likeness (QED) is 0.525. The third-order valence-corrected chi connectivity index (χ3v) is 7.34. The molecule has 2 N–H and O–H groups in total. The Morgan fingerprint density at radius 2 is 1.74 bits per heavy atom. The second-order valence-electron chi connectivity index (χ2n) is 8.11. The third kappa shape index (κ3) is 3.83. The van der Waals surface area contributed by atoms with E-state index in [0.717, 1.165) is 34.6 Å². The molecule has 1 aliphatic heterocycles. The van der Waals surface area contributed by atoms with E-state index < -0.39 is 5.97 Å². The van der Waals surface area contributed by atoms with E-state index >= 15 is 0 Å². The molecule has 1 atom stereocenters. The lowest BCUT2D eigenvalue weighted by Gasteiger charge is -2.24. The molecule has 0 unspecified atom stereocenters. The minimum Gasteiger partial charge on any atom is -0.490 e. The number of amides is 1. The predicted octanol–water partition coefficient (Wildman–Crippen LogP) is 5.91. The van der Waals surface area contributed by atoms with Crippen molar-refractivity contribution in [2.24, 2.45) is 0 Å². The van der Waals surface area contributed by atoms with Crippen molar-refractivity contribution in [3.63, 3.8) is 0 Å². The van der Waals surface area contributed by atoms with Gasteiger partial charge in [0.1, 0.15) is 10.6 Å². The molecule has 1 saturated carbocycles. The van der Waals surface area contributed by atoms with Crippen molar-refractivity contribution in [3.8, 4) is 16.9 Å². The van der Waals surface area contributed by atoms with Crippen LogP contribution in [0.3, 0.4) is 0 Å². The maximum atomic E-state index is 12.6. The number of rotatable bonds is 5. The van der Waals surface area contributed by atoms with Gasteiger partial charge in [-0.05, 0) is 48.9 Å². The molecule has 0 bridgehead atoms. The second-order valence-corrected chi connectivity index (χ2v) is 9.17. The van der Waals surface area contributed by atoms with E-state index in [1.165, 1.54) is 24.2 Å². The summed E-state index contributed by atoms with van der Waals surface area (Å²) in [7, 11) is 0. The van der Waals surface area contributed by atoms with Crippen molar-refractivity contribution in [2.75, 3.05) is 5.32 Å². The summed E-state index contributed by atoms with van der Waals surface area (Å²) in [6, 6.07) is 17.3. The lowest BCUT2D eigenvalue weighted by atomic mass is 9.88. The fourth-order valence-corrected chi connectivity index (χ4v) is 5.81. The molecule has 0 saturated heterocycles. The average molecular weight is 434 g/mol. The van der Waals surface area contributed by atoms with Crippen molar-refractivity contribution < 1.29 is 19.4 Å². The molecule has 2 aliphatic rings. The van der Waals surface area contributed by atoms with Crippen LogP contribution >= 0.6 is 11.3 Å². The summed E-state index contributed by atoms with van der Waals surface area (Å²) in [4.78, 5) is 25.8. The van der Waals surface area contributed by atoms with Gasteiger partial charge in [-0.15, -0.1) is 11.3 Å². The number of anilines is 1. The van der Waals surface area contributed by atoms with Crippen molar-refractivity contribution in [1.29, 1.82) is 0 Å². The summed E-state index contributed by atoms with van der Waals surface area (Å²) < 4.78 is 6.07. The van der Waals surface area contributed by atoms with Crippen LogP contribution in [0, 0.1) is 0 Å². The van der Waals surface area contributed by atoms with E-state index in [9.17, 15) is 14.7 Å². The van der Waals surface area contributed by atoms with E-state index in [4.69, 9.17) is 4.74 Å². The number of carboxylic acid groups (broad SMARTS) is 1. The van der Waals surface area contributed by atoms with Crippen LogP contribution in [-0.4, -0.2) is 23.1 Å². The number of carboxylic acids is 1. The first kappa shape index (κ1) is 19.8. The largest absolute Gasteiger partial charge is 0.490 e. The van der Waals surface area contributed by atoms with Gasteiger partial charge in [-0.2, -0.15) is 0 Å². The van der Waals surface area contributed by atoms with E-state index in [0.29, 0.717) is 23.8 Å². The van der Waals surface area contributed by atoms with Gasteiger partial charge in [-0.25, -0.2) is 4.79 Å². The molecular weight excluding hydrogens is 410 g/mol. The molecule has 2 heterocycles. The van der Waals surface area contributed by atoms with Crippen LogP contribution in [0.4, 0.5) is 5.69 Å². The lowest BCUT2D eigenvalue weighted by Crippen LogP contribution is -2.22. The third-order valence-electron chi connectivity index (χ3n) is 6.05. The number of benzene rings is 2. The second kappa shape index (κ2) is 8.19. The van der Waals surface area contributed by atoms with Crippen LogP contribution in [-0.2, 0) is 4.79 Å². The summed E-state index contributed by atoms with van der Waals surface area (Å²) in [5.74, 6) is -0.411. The number of carbonyl (C=O) groups excluding carboxylic acids is 1. The molecule has 0 spiro atoms. The molecule has 158 valence electrons. The maximum absolute atomic E-state index is 12.6. The highest BCUT2D eigenvalue weighted by Gasteiger charge is 2.34. The number of fused-ring (bicyclic) bond motifs is 1. The van der Waals surface area contributed by atoms with Crippen molar-refractivity contribution >= 4 is 28.9 Å². The Morgan fingerprint density at radius 1 is 1.03 bits per heavy atom. The average Bonchev–Trinajstić information content (AvgIpc) is 3.42.